The van der Waals surface area contributed by atoms with Crippen molar-refractivity contribution >= 4 is 23.0 Å². The van der Waals surface area contributed by atoms with E-state index < -0.39 is 0 Å². The molecule has 22 heavy (non-hydrogen) atoms. The Labute approximate surface area is 126 Å². The second-order valence-corrected chi connectivity index (χ2v) is 4.60. The highest BCUT2D eigenvalue weighted by atomic mass is 16.5. The number of nitrogens with one attached hydrogen (secondary N) is 2. The van der Waals surface area contributed by atoms with Gasteiger partial charge in [-0.3, -0.25) is 9.78 Å². The molecule has 110 valence electrons. The van der Waals surface area contributed by atoms with Crippen LogP contribution in [0.1, 0.15) is 15.9 Å². The molecule has 0 saturated heterocycles. The minimum Gasteiger partial charge on any atom is -0.497 e. The van der Waals surface area contributed by atoms with Crippen LogP contribution in [0.3, 0.4) is 0 Å². The minimum absolute atomic E-state index is 0.304. The maximum Gasteiger partial charge on any atom is 0.272 e. The van der Waals surface area contributed by atoms with Crippen molar-refractivity contribution in [2.75, 3.05) is 7.11 Å². The number of hydrazone groups is 1. The highest BCUT2D eigenvalue weighted by Gasteiger charge is 2.05. The number of methoxy groups -OCH3 is 1. The second kappa shape index (κ2) is 6.09. The van der Waals surface area contributed by atoms with Gasteiger partial charge in [-0.25, -0.2) is 5.43 Å². The first-order valence-electron chi connectivity index (χ1n) is 6.66. The van der Waals surface area contributed by atoms with Gasteiger partial charge in [0.1, 0.15) is 5.75 Å². The average molecular weight is 294 g/mol. The molecule has 1 aromatic carbocycles. The molecule has 0 bridgehead atoms. The molecule has 0 saturated carbocycles. The van der Waals surface area contributed by atoms with Gasteiger partial charge < -0.3 is 9.72 Å². The van der Waals surface area contributed by atoms with Gasteiger partial charge in [-0.1, -0.05) is 0 Å². The molecule has 0 atom stereocenters. The normalized spacial score (nSPS) is 11.0. The van der Waals surface area contributed by atoms with E-state index in [1.54, 1.807) is 31.7 Å². The van der Waals surface area contributed by atoms with Crippen LogP contribution in [-0.2, 0) is 0 Å². The van der Waals surface area contributed by atoms with Crippen molar-refractivity contribution in [1.29, 1.82) is 0 Å². The van der Waals surface area contributed by atoms with Crippen LogP contribution in [0.25, 0.3) is 10.9 Å². The zero-order chi connectivity index (χ0) is 15.4. The zero-order valence-electron chi connectivity index (χ0n) is 11.9. The topological polar surface area (TPSA) is 79.4 Å². The first-order valence-corrected chi connectivity index (χ1v) is 6.66. The van der Waals surface area contributed by atoms with Crippen LogP contribution in [0.4, 0.5) is 0 Å². The van der Waals surface area contributed by atoms with Crippen LogP contribution in [0.5, 0.6) is 5.75 Å². The molecule has 2 heterocycles. The quantitative estimate of drug-likeness (QED) is 0.572. The van der Waals surface area contributed by atoms with Gasteiger partial charge in [-0.15, -0.1) is 0 Å². The van der Waals surface area contributed by atoms with E-state index >= 15 is 0 Å². The van der Waals surface area contributed by atoms with Crippen molar-refractivity contribution in [2.24, 2.45) is 5.10 Å². The summed E-state index contributed by atoms with van der Waals surface area (Å²) in [5.74, 6) is 0.461. The molecule has 6 nitrogen and oxygen atoms in total. The Morgan fingerprint density at radius 2 is 2.32 bits per heavy atom. The number of carbonyl (C=O) groups excluding carboxylic acids is 1. The van der Waals surface area contributed by atoms with Crippen LogP contribution in [0.2, 0.25) is 0 Å². The number of hydrogen-bond acceptors (Lipinski definition) is 4. The second-order valence-electron chi connectivity index (χ2n) is 4.60. The molecule has 0 fully saturated rings. The fourth-order valence-electron chi connectivity index (χ4n) is 2.08. The van der Waals surface area contributed by atoms with E-state index in [2.05, 4.69) is 20.5 Å². The van der Waals surface area contributed by atoms with Crippen molar-refractivity contribution in [3.63, 3.8) is 0 Å². The van der Waals surface area contributed by atoms with Gasteiger partial charge in [0.15, 0.2) is 0 Å². The van der Waals surface area contributed by atoms with Crippen molar-refractivity contribution < 1.29 is 9.53 Å². The van der Waals surface area contributed by atoms with Gasteiger partial charge in [0.2, 0.25) is 0 Å². The Balaban J connectivity index is 1.77. The summed E-state index contributed by atoms with van der Waals surface area (Å²) in [5.41, 5.74) is 4.77. The standard InChI is InChI=1S/C16H14N4O2/c1-22-13-4-5-15-14(7-13)12(9-18-15)10-19-20-16(21)11-3-2-6-17-8-11/h2-10,18H,1H3,(H,20,21)/b19-10+. The number of aromatic nitrogens is 2. The molecule has 0 aliphatic heterocycles. The van der Waals surface area contributed by atoms with Gasteiger partial charge >= 0.3 is 0 Å². The average Bonchev–Trinajstić information content (AvgIpc) is 2.98. The van der Waals surface area contributed by atoms with E-state index in [1.807, 2.05) is 24.4 Å². The Bertz CT molecular complexity index is 825. The maximum atomic E-state index is 11.8. The van der Waals surface area contributed by atoms with Crippen LogP contribution in [-0.4, -0.2) is 29.2 Å². The third kappa shape index (κ3) is 2.80. The van der Waals surface area contributed by atoms with Gasteiger partial charge in [-0.05, 0) is 30.3 Å². The Morgan fingerprint density at radius 1 is 1.41 bits per heavy atom. The molecule has 0 aliphatic rings. The molecule has 2 N–H and O–H groups in total. The van der Waals surface area contributed by atoms with E-state index in [4.69, 9.17) is 4.74 Å². The van der Waals surface area contributed by atoms with Crippen LogP contribution in [0.15, 0.2) is 54.0 Å². The number of aromatic amines is 1. The maximum absolute atomic E-state index is 11.8. The van der Waals surface area contributed by atoms with Crippen molar-refractivity contribution in [3.05, 3.63) is 60.0 Å². The van der Waals surface area contributed by atoms with E-state index in [1.165, 1.54) is 6.20 Å². The van der Waals surface area contributed by atoms with Gasteiger partial charge in [0.25, 0.3) is 5.91 Å². The van der Waals surface area contributed by atoms with Gasteiger partial charge in [0.05, 0.1) is 18.9 Å². The summed E-state index contributed by atoms with van der Waals surface area (Å²) in [6.45, 7) is 0. The molecule has 0 aliphatic carbocycles. The smallest absolute Gasteiger partial charge is 0.272 e. The Morgan fingerprint density at radius 3 is 3.09 bits per heavy atom. The number of nitrogens with zero attached hydrogens (tertiary/aromatic N) is 2. The van der Waals surface area contributed by atoms with Crippen molar-refractivity contribution in [2.45, 2.75) is 0 Å². The fourth-order valence-corrected chi connectivity index (χ4v) is 2.08. The molecule has 0 spiro atoms. The highest BCUT2D eigenvalue weighted by molar-refractivity contribution is 6.00. The highest BCUT2D eigenvalue weighted by Crippen LogP contribution is 2.22. The number of carbonyl (C=O) groups is 1. The Kier molecular flexibility index (Phi) is 3.82. The lowest BCUT2D eigenvalue weighted by molar-refractivity contribution is 0.0955. The van der Waals surface area contributed by atoms with E-state index in [0.717, 1.165) is 22.2 Å². The molecule has 1 amide bonds. The molecule has 0 radical (unpaired) electrons. The Hall–Kier alpha value is -3.15. The molecule has 2 aromatic heterocycles. The molecule has 3 rings (SSSR count). The predicted octanol–water partition coefficient (Wildman–Crippen LogP) is 2.34. The summed E-state index contributed by atoms with van der Waals surface area (Å²) in [6.07, 6.45) is 6.51. The van der Waals surface area contributed by atoms with Crippen LogP contribution in [0, 0.1) is 0 Å². The third-order valence-corrected chi connectivity index (χ3v) is 3.21. The lowest BCUT2D eigenvalue weighted by atomic mass is 10.2. The number of fused-ring (bicyclic) bond motifs is 1. The zero-order valence-corrected chi connectivity index (χ0v) is 11.9. The number of benzene rings is 1. The number of amides is 1. The molecule has 6 heteroatoms. The summed E-state index contributed by atoms with van der Waals surface area (Å²) in [5, 5.41) is 4.95. The summed E-state index contributed by atoms with van der Waals surface area (Å²) < 4.78 is 5.21. The number of hydrogen-bond donors (Lipinski definition) is 2. The third-order valence-electron chi connectivity index (χ3n) is 3.21. The first-order chi connectivity index (χ1) is 10.8. The fraction of sp³-hybridized carbons (Fsp3) is 0.0625. The SMILES string of the molecule is COc1ccc2[nH]cc(/C=N/NC(=O)c3cccnc3)c2c1. The van der Waals surface area contributed by atoms with E-state index in [9.17, 15) is 4.79 Å². The van der Waals surface area contributed by atoms with Crippen molar-refractivity contribution in [3.8, 4) is 5.75 Å². The van der Waals surface area contributed by atoms with Gasteiger partial charge in [0, 0.05) is 35.1 Å². The molecular formula is C16H14N4O2. The largest absolute Gasteiger partial charge is 0.497 e. The first kappa shape index (κ1) is 13.8. The monoisotopic (exact) mass is 294 g/mol. The number of rotatable bonds is 4. The summed E-state index contributed by atoms with van der Waals surface area (Å²) in [4.78, 5) is 18.9. The molecule has 3 aromatic rings. The number of pyridine rings is 1. The number of H-pyrrole nitrogens is 1. The van der Waals surface area contributed by atoms with E-state index in [0.29, 0.717) is 5.56 Å². The molecule has 0 unspecified atom stereocenters. The summed E-state index contributed by atoms with van der Waals surface area (Å²) >= 11 is 0. The number of ether oxygens (including phenoxy) is 1. The van der Waals surface area contributed by atoms with Crippen molar-refractivity contribution in [1.82, 2.24) is 15.4 Å². The lowest BCUT2D eigenvalue weighted by Gasteiger charge is -2.00. The lowest BCUT2D eigenvalue weighted by Crippen LogP contribution is -2.17. The van der Waals surface area contributed by atoms with Gasteiger partial charge in [-0.2, -0.15) is 5.10 Å². The van der Waals surface area contributed by atoms with Crippen LogP contribution >= 0.6 is 0 Å². The molecular weight excluding hydrogens is 280 g/mol. The summed E-state index contributed by atoms with van der Waals surface area (Å²) in [6, 6.07) is 9.10. The van der Waals surface area contributed by atoms with E-state index in [-0.39, 0.29) is 5.91 Å². The predicted molar refractivity (Wildman–Crippen MR) is 84.1 cm³/mol. The summed E-state index contributed by atoms with van der Waals surface area (Å²) in [7, 11) is 1.62. The minimum atomic E-state index is -0.304. The van der Waals surface area contributed by atoms with Crippen LogP contribution < -0.4 is 10.2 Å².